The average Bonchev–Trinajstić information content (AvgIpc) is 2.23. The fraction of sp³-hybridized carbons (Fsp3) is 0.733. The molecule has 1 atom stereocenters. The van der Waals surface area contributed by atoms with Crippen LogP contribution in [0.1, 0.15) is 47.5 Å². The van der Waals surface area contributed by atoms with Crippen LogP contribution in [0.5, 0.6) is 0 Å². The maximum Gasteiger partial charge on any atom is 0.309 e. The summed E-state index contributed by atoms with van der Waals surface area (Å²) in [5, 5.41) is 8.55. The molecule has 0 aliphatic carbocycles. The number of carboxylic acids is 1. The van der Waals surface area contributed by atoms with Crippen LogP contribution in [0.4, 0.5) is 0 Å². The number of esters is 1. The van der Waals surface area contributed by atoms with Crippen LogP contribution >= 0.6 is 0 Å². The average molecular weight is 270 g/mol. The van der Waals surface area contributed by atoms with Crippen molar-refractivity contribution in [2.24, 2.45) is 16.7 Å². The lowest BCUT2D eigenvalue weighted by atomic mass is 9.71. The molecular weight excluding hydrogens is 244 g/mol. The molecule has 0 saturated carbocycles. The Bertz CT molecular complexity index is 337. The zero-order valence-corrected chi connectivity index (χ0v) is 12.7. The molecule has 110 valence electrons. The maximum atomic E-state index is 12.1. The van der Waals surface area contributed by atoms with Gasteiger partial charge in [-0.05, 0) is 17.3 Å². The molecule has 0 aliphatic rings. The van der Waals surface area contributed by atoms with Gasteiger partial charge in [-0.1, -0.05) is 40.7 Å². The van der Waals surface area contributed by atoms with Crippen molar-refractivity contribution in [1.82, 2.24) is 0 Å². The van der Waals surface area contributed by atoms with E-state index >= 15 is 0 Å². The van der Waals surface area contributed by atoms with Crippen LogP contribution in [-0.2, 0) is 14.3 Å². The molecule has 0 saturated heterocycles. The molecular formula is C15H26O4. The van der Waals surface area contributed by atoms with Crippen molar-refractivity contribution < 1.29 is 19.4 Å². The van der Waals surface area contributed by atoms with E-state index in [9.17, 15) is 9.59 Å². The molecule has 4 nitrogen and oxygen atoms in total. The van der Waals surface area contributed by atoms with E-state index in [4.69, 9.17) is 9.84 Å². The summed E-state index contributed by atoms with van der Waals surface area (Å²) in [6.07, 6.45) is 2.25. The van der Waals surface area contributed by atoms with E-state index in [0.717, 1.165) is 0 Å². The Labute approximate surface area is 115 Å². The third kappa shape index (κ3) is 6.99. The molecule has 0 aliphatic heterocycles. The third-order valence-electron chi connectivity index (χ3n) is 3.09. The summed E-state index contributed by atoms with van der Waals surface area (Å²) in [6, 6.07) is 0. The number of carbonyl (C=O) groups excluding carboxylic acids is 1. The van der Waals surface area contributed by atoms with Gasteiger partial charge in [0.2, 0.25) is 0 Å². The summed E-state index contributed by atoms with van der Waals surface area (Å²) in [5.74, 6) is -1.64. The van der Waals surface area contributed by atoms with E-state index in [2.05, 4.69) is 27.4 Å². The van der Waals surface area contributed by atoms with Crippen LogP contribution in [0, 0.1) is 16.7 Å². The number of rotatable bonds is 7. The van der Waals surface area contributed by atoms with Crippen molar-refractivity contribution >= 4 is 11.9 Å². The quantitative estimate of drug-likeness (QED) is 0.569. The Hall–Kier alpha value is -1.32. The lowest BCUT2D eigenvalue weighted by molar-refractivity contribution is -0.154. The number of carbonyl (C=O) groups is 2. The topological polar surface area (TPSA) is 63.6 Å². The second-order valence-corrected chi connectivity index (χ2v) is 6.65. The second-order valence-electron chi connectivity index (χ2n) is 6.65. The Kier molecular flexibility index (Phi) is 6.27. The first-order valence-electron chi connectivity index (χ1n) is 6.51. The molecule has 4 heteroatoms. The minimum absolute atomic E-state index is 0.0171. The van der Waals surface area contributed by atoms with E-state index in [0.29, 0.717) is 6.42 Å². The normalized spacial score (nSPS) is 13.7. The highest BCUT2D eigenvalue weighted by Gasteiger charge is 2.37. The minimum atomic E-state index is -0.969. The summed E-state index contributed by atoms with van der Waals surface area (Å²) >= 11 is 0. The summed E-state index contributed by atoms with van der Waals surface area (Å²) in [4.78, 5) is 22.6. The third-order valence-corrected chi connectivity index (χ3v) is 3.09. The SMILES string of the molecule is C=CC(C)(C)C(CC(C)(C)C)C(=O)OCCC(=O)O. The van der Waals surface area contributed by atoms with Gasteiger partial charge in [0.05, 0.1) is 12.3 Å². The van der Waals surface area contributed by atoms with Crippen molar-refractivity contribution in [3.8, 4) is 0 Å². The van der Waals surface area contributed by atoms with Crippen LogP contribution < -0.4 is 0 Å². The predicted molar refractivity (Wildman–Crippen MR) is 74.8 cm³/mol. The van der Waals surface area contributed by atoms with Gasteiger partial charge in [-0.15, -0.1) is 6.58 Å². The molecule has 1 N–H and O–H groups in total. The van der Waals surface area contributed by atoms with Gasteiger partial charge in [0, 0.05) is 0 Å². The van der Waals surface area contributed by atoms with E-state index in [1.807, 2.05) is 13.8 Å². The number of carboxylic acid groups (broad SMARTS) is 1. The van der Waals surface area contributed by atoms with Crippen molar-refractivity contribution in [1.29, 1.82) is 0 Å². The van der Waals surface area contributed by atoms with E-state index in [1.165, 1.54) is 0 Å². The Morgan fingerprint density at radius 2 is 1.79 bits per heavy atom. The van der Waals surface area contributed by atoms with E-state index in [1.54, 1.807) is 6.08 Å². The van der Waals surface area contributed by atoms with Gasteiger partial charge in [-0.3, -0.25) is 9.59 Å². The minimum Gasteiger partial charge on any atom is -0.481 e. The molecule has 0 radical (unpaired) electrons. The van der Waals surface area contributed by atoms with Crippen molar-refractivity contribution in [3.63, 3.8) is 0 Å². The smallest absolute Gasteiger partial charge is 0.309 e. The second kappa shape index (κ2) is 6.73. The number of ether oxygens (including phenoxy) is 1. The zero-order valence-electron chi connectivity index (χ0n) is 12.7. The number of aliphatic carboxylic acids is 1. The molecule has 0 spiro atoms. The van der Waals surface area contributed by atoms with Gasteiger partial charge in [-0.25, -0.2) is 0 Å². The van der Waals surface area contributed by atoms with Crippen LogP contribution in [0.15, 0.2) is 12.7 Å². The molecule has 19 heavy (non-hydrogen) atoms. The largest absolute Gasteiger partial charge is 0.481 e. The fourth-order valence-corrected chi connectivity index (χ4v) is 1.74. The van der Waals surface area contributed by atoms with Crippen molar-refractivity contribution in [2.45, 2.75) is 47.5 Å². The first-order valence-corrected chi connectivity index (χ1v) is 6.51. The standard InChI is InChI=1S/C15H26O4/c1-7-15(5,6)11(10-14(2,3)4)13(18)19-9-8-12(16)17/h7,11H,1,8-10H2,2-6H3,(H,16,17). The lowest BCUT2D eigenvalue weighted by Crippen LogP contribution is -2.34. The predicted octanol–water partition coefficient (Wildman–Crippen LogP) is 3.27. The molecule has 0 amide bonds. The lowest BCUT2D eigenvalue weighted by Gasteiger charge is -2.34. The highest BCUT2D eigenvalue weighted by molar-refractivity contribution is 5.74. The van der Waals surface area contributed by atoms with Gasteiger partial charge in [0.1, 0.15) is 6.61 Å². The summed E-state index contributed by atoms with van der Waals surface area (Å²) < 4.78 is 5.08. The molecule has 0 aromatic carbocycles. The number of allylic oxidation sites excluding steroid dienone is 1. The zero-order chi connectivity index (χ0) is 15.3. The van der Waals surface area contributed by atoms with E-state index in [-0.39, 0.29) is 35.7 Å². The Morgan fingerprint density at radius 3 is 2.16 bits per heavy atom. The monoisotopic (exact) mass is 270 g/mol. The van der Waals surface area contributed by atoms with Crippen LogP contribution in [-0.4, -0.2) is 23.7 Å². The molecule has 0 aromatic heterocycles. The molecule has 0 bridgehead atoms. The van der Waals surface area contributed by atoms with Crippen molar-refractivity contribution in [3.05, 3.63) is 12.7 Å². The molecule has 0 aromatic rings. The molecule has 0 fully saturated rings. The summed E-state index contributed by atoms with van der Waals surface area (Å²) in [7, 11) is 0. The highest BCUT2D eigenvalue weighted by atomic mass is 16.5. The van der Waals surface area contributed by atoms with Gasteiger partial charge in [0.25, 0.3) is 0 Å². The first kappa shape index (κ1) is 17.7. The number of hydrogen-bond acceptors (Lipinski definition) is 3. The Balaban J connectivity index is 4.79. The van der Waals surface area contributed by atoms with Gasteiger partial charge in [-0.2, -0.15) is 0 Å². The van der Waals surface area contributed by atoms with E-state index < -0.39 is 5.97 Å². The van der Waals surface area contributed by atoms with Gasteiger partial charge >= 0.3 is 11.9 Å². The van der Waals surface area contributed by atoms with Gasteiger partial charge < -0.3 is 9.84 Å². The Morgan fingerprint density at radius 1 is 1.26 bits per heavy atom. The van der Waals surface area contributed by atoms with Crippen LogP contribution in [0.25, 0.3) is 0 Å². The van der Waals surface area contributed by atoms with Crippen LogP contribution in [0.3, 0.4) is 0 Å². The fourth-order valence-electron chi connectivity index (χ4n) is 1.74. The molecule has 0 heterocycles. The summed E-state index contributed by atoms with van der Waals surface area (Å²) in [6.45, 7) is 13.7. The van der Waals surface area contributed by atoms with Crippen LogP contribution in [0.2, 0.25) is 0 Å². The van der Waals surface area contributed by atoms with Gasteiger partial charge in [0.15, 0.2) is 0 Å². The maximum absolute atomic E-state index is 12.1. The highest BCUT2D eigenvalue weighted by Crippen LogP contribution is 2.37. The molecule has 0 rings (SSSR count). The first-order chi connectivity index (χ1) is 8.49. The summed E-state index contributed by atoms with van der Waals surface area (Å²) in [5.41, 5.74) is -0.398. The molecule has 1 unspecified atom stereocenters. The van der Waals surface area contributed by atoms with Crippen molar-refractivity contribution in [2.75, 3.05) is 6.61 Å². The number of hydrogen-bond donors (Lipinski definition) is 1.